The Bertz CT molecular complexity index is 431. The zero-order valence-corrected chi connectivity index (χ0v) is 21.2. The first-order valence-corrected chi connectivity index (χ1v) is 15.1. The van der Waals surface area contributed by atoms with Crippen LogP contribution in [0.4, 0.5) is 0 Å². The van der Waals surface area contributed by atoms with Crippen LogP contribution in [0.15, 0.2) is 34.4 Å². The maximum Gasteiger partial charge on any atom is -1.00 e. The molecule has 0 heterocycles. The van der Waals surface area contributed by atoms with Crippen molar-refractivity contribution in [1.82, 2.24) is 0 Å². The molecule has 0 aromatic carbocycles. The Balaban J connectivity index is -0.000000249. The Hall–Kier alpha value is 0.627. The van der Waals surface area contributed by atoms with Crippen molar-refractivity contribution < 1.29 is 47.8 Å². The maximum atomic E-state index is 3.29. The van der Waals surface area contributed by atoms with Gasteiger partial charge in [-0.3, -0.25) is 12.2 Å². The van der Waals surface area contributed by atoms with E-state index >= 15 is 0 Å². The molecule has 0 N–H and O–H groups in total. The molecular weight excluding hydrogens is 494 g/mol. The molecule has 0 radical (unpaired) electrons. The molecule has 0 aliphatic heterocycles. The van der Waals surface area contributed by atoms with Crippen LogP contribution >= 0.6 is 0 Å². The second-order valence-electron chi connectivity index (χ2n) is 5.87. The quantitative estimate of drug-likeness (QED) is 0.297. The number of halogens is 2. The summed E-state index contributed by atoms with van der Waals surface area (Å²) in [6, 6.07) is 0. The van der Waals surface area contributed by atoms with Crippen molar-refractivity contribution in [1.29, 1.82) is 0 Å². The molecule has 0 saturated heterocycles. The summed E-state index contributed by atoms with van der Waals surface area (Å²) in [6.45, 7) is 17.5. The van der Waals surface area contributed by atoms with Crippen LogP contribution < -0.4 is 24.8 Å². The SMILES string of the molecule is CC1=[C-]C(C)C(C)=C1.CC1=[C-]C(C)C(C)=C1.C[Si](C)=[Hf+2].[Cl-].[Cl-]. The molecule has 22 heavy (non-hydrogen) atoms. The smallest absolute Gasteiger partial charge is 1.00 e. The van der Waals surface area contributed by atoms with Gasteiger partial charge in [0, 0.05) is 0 Å². The Labute approximate surface area is 165 Å². The Kier molecular flexibility index (Phi) is 17.5. The van der Waals surface area contributed by atoms with Crippen LogP contribution in [0.5, 0.6) is 0 Å². The van der Waals surface area contributed by atoms with Gasteiger partial charge in [0.15, 0.2) is 0 Å². The van der Waals surface area contributed by atoms with Gasteiger partial charge in [0.1, 0.15) is 0 Å². The van der Waals surface area contributed by atoms with Crippen molar-refractivity contribution in [3.8, 4) is 0 Å². The number of hydrogen-bond donors (Lipinski definition) is 0. The third kappa shape index (κ3) is 13.1. The fourth-order valence-corrected chi connectivity index (χ4v) is 1.93. The molecule has 124 valence electrons. The predicted octanol–water partition coefficient (Wildman–Crippen LogP) is -0.544. The van der Waals surface area contributed by atoms with E-state index in [-0.39, 0.29) is 30.3 Å². The molecule has 2 unspecified atom stereocenters. The van der Waals surface area contributed by atoms with Crippen LogP contribution in [0.1, 0.15) is 41.5 Å². The molecule has 0 saturated carbocycles. The molecule has 0 aromatic rings. The standard InChI is InChI=1S/2C8H11.C2H6Si.2ClH.Hf/c2*1-6-4-7(2)8(3)5-6;1-3-2;;;/h2*4,8H,1-3H3;1-2H3;2*1H;/q2*-1;;;;+2/p-2. The average molecular weight is 522 g/mol. The summed E-state index contributed by atoms with van der Waals surface area (Å²) in [5.74, 6) is 1.13. The molecule has 0 amide bonds. The van der Waals surface area contributed by atoms with Gasteiger partial charge in [-0.25, -0.2) is 23.3 Å². The summed E-state index contributed by atoms with van der Waals surface area (Å²) >= 11 is 1.45. The van der Waals surface area contributed by atoms with E-state index in [9.17, 15) is 0 Å². The van der Waals surface area contributed by atoms with Crippen molar-refractivity contribution in [2.24, 2.45) is 11.8 Å². The van der Waals surface area contributed by atoms with Crippen LogP contribution in [0.3, 0.4) is 0 Å². The Morgan fingerprint density at radius 2 is 1.05 bits per heavy atom. The zero-order valence-electron chi connectivity index (χ0n) is 15.1. The minimum Gasteiger partial charge on any atom is -1.00 e. The van der Waals surface area contributed by atoms with Crippen LogP contribution in [0, 0.1) is 24.0 Å². The van der Waals surface area contributed by atoms with E-state index in [4.69, 9.17) is 0 Å². The van der Waals surface area contributed by atoms with Gasteiger partial charge >= 0.3 is 41.6 Å². The second kappa shape index (κ2) is 14.0. The first-order valence-electron chi connectivity index (χ1n) is 7.21. The second-order valence-corrected chi connectivity index (χ2v) is 18.7. The van der Waals surface area contributed by atoms with E-state index in [1.807, 2.05) is 0 Å². The average Bonchev–Trinajstić information content (AvgIpc) is 2.70. The summed E-state index contributed by atoms with van der Waals surface area (Å²) in [5, 5.41) is 0. The first kappa shape index (κ1) is 27.5. The van der Waals surface area contributed by atoms with Gasteiger partial charge in [-0.05, 0) is 0 Å². The minimum absolute atomic E-state index is 0. The van der Waals surface area contributed by atoms with Crippen LogP contribution in [0.2, 0.25) is 13.1 Å². The van der Waals surface area contributed by atoms with Crippen molar-refractivity contribution in [2.45, 2.75) is 54.6 Å². The van der Waals surface area contributed by atoms with E-state index in [2.05, 4.69) is 78.9 Å². The van der Waals surface area contributed by atoms with E-state index in [1.54, 1.807) is 0 Å². The molecule has 0 aromatic heterocycles. The zero-order chi connectivity index (χ0) is 15.9. The predicted molar refractivity (Wildman–Crippen MR) is 88.2 cm³/mol. The molecule has 0 spiro atoms. The van der Waals surface area contributed by atoms with E-state index in [0.29, 0.717) is 11.8 Å². The van der Waals surface area contributed by atoms with Crippen LogP contribution in [-0.2, 0) is 23.0 Å². The third-order valence-corrected chi connectivity index (χ3v) is 3.14. The van der Waals surface area contributed by atoms with Gasteiger partial charge in [-0.2, -0.15) is 11.1 Å². The molecule has 4 heteroatoms. The van der Waals surface area contributed by atoms with Gasteiger partial charge < -0.3 is 24.8 Å². The fraction of sp³-hybridized carbons (Fsp3) is 0.556. The van der Waals surface area contributed by atoms with Crippen molar-refractivity contribution in [2.75, 3.05) is 0 Å². The normalized spacial score (nSPS) is 21.4. The van der Waals surface area contributed by atoms with E-state index in [0.717, 1.165) is 0 Å². The van der Waals surface area contributed by atoms with Crippen LogP contribution in [-0.4, -0.2) is 5.49 Å². The van der Waals surface area contributed by atoms with Gasteiger partial charge in [0.25, 0.3) is 0 Å². The Morgan fingerprint density at radius 1 is 0.818 bits per heavy atom. The summed E-state index contributed by atoms with van der Waals surface area (Å²) in [5.41, 5.74) is 5.70. The summed E-state index contributed by atoms with van der Waals surface area (Å²) in [6.07, 6.45) is 11.0. The maximum absolute atomic E-state index is 3.29. The van der Waals surface area contributed by atoms with Crippen LogP contribution in [0.25, 0.3) is 0 Å². The summed E-state index contributed by atoms with van der Waals surface area (Å²) in [4.78, 5) is 0. The molecule has 0 fully saturated rings. The number of allylic oxidation sites excluding steroid dienone is 8. The fourth-order valence-electron chi connectivity index (χ4n) is 1.93. The molecular formula is C18H28Cl2HfSi-2. The van der Waals surface area contributed by atoms with Gasteiger partial charge in [0.2, 0.25) is 0 Å². The van der Waals surface area contributed by atoms with Crippen molar-refractivity contribution >= 4 is 5.49 Å². The van der Waals surface area contributed by atoms with Crippen molar-refractivity contribution in [3.05, 3.63) is 46.6 Å². The molecule has 0 nitrogen and oxygen atoms in total. The first-order chi connectivity index (χ1) is 9.13. The largest absolute Gasteiger partial charge is 1.00 e. The molecule has 2 aliphatic rings. The van der Waals surface area contributed by atoms with Gasteiger partial charge in [0.05, 0.1) is 0 Å². The number of hydrogen-bond acceptors (Lipinski definition) is 0. The number of rotatable bonds is 0. The van der Waals surface area contributed by atoms with E-state index < -0.39 is 0 Å². The topological polar surface area (TPSA) is 0 Å². The minimum atomic E-state index is 0. The Morgan fingerprint density at radius 3 is 1.09 bits per heavy atom. The van der Waals surface area contributed by atoms with Gasteiger partial charge in [-0.15, -0.1) is 0 Å². The van der Waals surface area contributed by atoms with Gasteiger partial charge in [-0.1, -0.05) is 53.4 Å². The summed E-state index contributed by atoms with van der Waals surface area (Å²) in [7, 11) is 0. The molecule has 2 rings (SSSR count). The summed E-state index contributed by atoms with van der Waals surface area (Å²) < 4.78 is 0. The molecule has 0 bridgehead atoms. The monoisotopic (exact) mass is 522 g/mol. The molecule has 2 atom stereocenters. The third-order valence-electron chi connectivity index (χ3n) is 3.14. The molecule has 2 aliphatic carbocycles. The van der Waals surface area contributed by atoms with Crippen molar-refractivity contribution in [3.63, 3.8) is 0 Å². The van der Waals surface area contributed by atoms with E-state index in [1.165, 1.54) is 45.3 Å².